The van der Waals surface area contributed by atoms with Crippen LogP contribution in [0.3, 0.4) is 0 Å². The van der Waals surface area contributed by atoms with Crippen LogP contribution >= 0.6 is 11.3 Å². The molecule has 0 atom stereocenters. The lowest BCUT2D eigenvalue weighted by molar-refractivity contribution is -0.384. The molecule has 0 aliphatic heterocycles. The summed E-state index contributed by atoms with van der Waals surface area (Å²) in [5.74, 6) is -3.12. The number of rotatable bonds is 6. The predicted molar refractivity (Wildman–Crippen MR) is 112 cm³/mol. The fourth-order valence-corrected chi connectivity index (χ4v) is 5.53. The Labute approximate surface area is 176 Å². The molecule has 1 aromatic heterocycles. The van der Waals surface area contributed by atoms with Crippen molar-refractivity contribution in [1.82, 2.24) is 9.88 Å². The number of hydrogen-bond donors (Lipinski definition) is 1. The predicted octanol–water partition coefficient (Wildman–Crippen LogP) is 1.44. The molecular weight excluding hydrogens is 432 g/mol. The summed E-state index contributed by atoms with van der Waals surface area (Å²) < 4.78 is 26.6. The Kier molecular flexibility index (Phi) is 6.66. The van der Waals surface area contributed by atoms with E-state index in [0.717, 1.165) is 43.4 Å². The number of hydrogen-bond acceptors (Lipinski definition) is 7. The number of carbonyl (C=O) groups is 2. The summed E-state index contributed by atoms with van der Waals surface area (Å²) in [4.78, 5) is 38.7. The average molecular weight is 455 g/mol. The molecule has 1 aliphatic rings. The van der Waals surface area contributed by atoms with E-state index in [1.54, 1.807) is 17.7 Å². The molecule has 1 fully saturated rings. The number of aromatic nitrogens is 1. The summed E-state index contributed by atoms with van der Waals surface area (Å²) in [6.07, 6.45) is 4.79. The smallest absolute Gasteiger partial charge is 0.270 e. The van der Waals surface area contributed by atoms with Gasteiger partial charge in [0.15, 0.2) is 14.6 Å². The van der Waals surface area contributed by atoms with Crippen LogP contribution < -0.4 is 10.1 Å². The number of nitro benzene ring substituents is 1. The highest BCUT2D eigenvalue weighted by molar-refractivity contribution is 7.92. The van der Waals surface area contributed by atoms with Crippen molar-refractivity contribution >= 4 is 48.9 Å². The molecule has 1 heterocycles. The lowest BCUT2D eigenvalue weighted by Gasteiger charge is -2.22. The van der Waals surface area contributed by atoms with E-state index in [-0.39, 0.29) is 16.5 Å². The Morgan fingerprint density at radius 3 is 2.63 bits per heavy atom. The van der Waals surface area contributed by atoms with E-state index in [0.29, 0.717) is 10.2 Å². The van der Waals surface area contributed by atoms with Crippen LogP contribution in [0, 0.1) is 10.1 Å². The molecule has 1 aliphatic carbocycles. The number of aryl methyl sites for hydroxylation is 1. The Morgan fingerprint density at radius 1 is 1.27 bits per heavy atom. The Balaban J connectivity index is 1.70. The maximum atomic E-state index is 12.2. The lowest BCUT2D eigenvalue weighted by Crippen LogP contribution is -2.40. The molecule has 0 saturated heterocycles. The number of nitro groups is 1. The van der Waals surface area contributed by atoms with E-state index in [4.69, 9.17) is 0 Å². The van der Waals surface area contributed by atoms with Crippen molar-refractivity contribution in [2.45, 2.75) is 38.1 Å². The first-order chi connectivity index (χ1) is 14.1. The number of benzene rings is 1. The van der Waals surface area contributed by atoms with Gasteiger partial charge in [-0.05, 0) is 18.9 Å². The van der Waals surface area contributed by atoms with Crippen LogP contribution in [-0.2, 0) is 26.5 Å². The number of non-ortho nitro benzene ring substituents is 1. The van der Waals surface area contributed by atoms with Gasteiger partial charge in [-0.3, -0.25) is 19.7 Å². The lowest BCUT2D eigenvalue weighted by atomic mass is 9.95. The summed E-state index contributed by atoms with van der Waals surface area (Å²) in [5, 5.41) is 13.6. The molecule has 1 aromatic carbocycles. The highest BCUT2D eigenvalue weighted by Gasteiger charge is 2.23. The summed E-state index contributed by atoms with van der Waals surface area (Å²) in [5.41, 5.74) is 0.542. The van der Waals surface area contributed by atoms with Gasteiger partial charge in [0, 0.05) is 25.2 Å². The van der Waals surface area contributed by atoms with Crippen LogP contribution in [0.25, 0.3) is 10.2 Å². The Hall–Kier alpha value is -2.60. The minimum atomic E-state index is -3.96. The van der Waals surface area contributed by atoms with Crippen LogP contribution in [0.1, 0.15) is 32.1 Å². The van der Waals surface area contributed by atoms with Gasteiger partial charge >= 0.3 is 0 Å². The molecule has 2 aromatic rings. The first-order valence-electron chi connectivity index (χ1n) is 9.46. The molecule has 0 unspecified atom stereocenters. The minimum Gasteiger partial charge on any atom is -0.352 e. The molecule has 1 saturated carbocycles. The topological polar surface area (TPSA) is 141 Å². The number of carbonyl (C=O) groups excluding carboxylic acids is 2. The molecule has 162 valence electrons. The van der Waals surface area contributed by atoms with Crippen LogP contribution in [0.4, 0.5) is 5.69 Å². The van der Waals surface area contributed by atoms with E-state index < -0.39 is 38.1 Å². The van der Waals surface area contributed by atoms with Crippen molar-refractivity contribution in [1.29, 1.82) is 0 Å². The standard InChI is InChI=1S/C18H22N4O6S2/c1-21-14-8-7-13(22(25)26)9-15(14)29-18(21)20-17(24)11-30(27,28)10-16(23)19-12-5-3-2-4-6-12/h7-9,12H,2-6,10-11H2,1H3,(H,19,23). The van der Waals surface area contributed by atoms with Gasteiger partial charge in [-0.15, -0.1) is 0 Å². The normalized spacial score (nSPS) is 16.0. The number of nitrogens with zero attached hydrogens (tertiary/aromatic N) is 3. The van der Waals surface area contributed by atoms with Gasteiger partial charge in [0.25, 0.3) is 11.6 Å². The Morgan fingerprint density at radius 2 is 1.97 bits per heavy atom. The van der Waals surface area contributed by atoms with E-state index in [1.165, 1.54) is 12.1 Å². The quantitative estimate of drug-likeness (QED) is 0.517. The molecule has 1 N–H and O–H groups in total. The van der Waals surface area contributed by atoms with Crippen molar-refractivity contribution < 1.29 is 22.9 Å². The van der Waals surface area contributed by atoms with Gasteiger partial charge in [-0.1, -0.05) is 30.6 Å². The van der Waals surface area contributed by atoms with Gasteiger partial charge in [0.05, 0.1) is 15.1 Å². The van der Waals surface area contributed by atoms with Crippen molar-refractivity contribution in [3.63, 3.8) is 0 Å². The van der Waals surface area contributed by atoms with Gasteiger partial charge < -0.3 is 9.88 Å². The third kappa shape index (κ3) is 5.51. The maximum absolute atomic E-state index is 12.2. The first-order valence-corrected chi connectivity index (χ1v) is 12.1. The van der Waals surface area contributed by atoms with Crippen molar-refractivity contribution in [2.75, 3.05) is 11.5 Å². The fraction of sp³-hybridized carbons (Fsp3) is 0.500. The highest BCUT2D eigenvalue weighted by Crippen LogP contribution is 2.22. The molecular formula is C18H22N4O6S2. The summed E-state index contributed by atoms with van der Waals surface area (Å²) >= 11 is 1.04. The van der Waals surface area contributed by atoms with Gasteiger partial charge in [-0.2, -0.15) is 4.99 Å². The molecule has 10 nitrogen and oxygen atoms in total. The van der Waals surface area contributed by atoms with Gasteiger partial charge in [0.2, 0.25) is 5.91 Å². The molecule has 12 heteroatoms. The first kappa shape index (κ1) is 22.1. The van der Waals surface area contributed by atoms with Gasteiger partial charge in [0.1, 0.15) is 11.5 Å². The maximum Gasteiger partial charge on any atom is 0.270 e. The van der Waals surface area contributed by atoms with Crippen molar-refractivity contribution in [3.05, 3.63) is 33.1 Å². The fourth-order valence-electron chi connectivity index (χ4n) is 3.44. The third-order valence-corrected chi connectivity index (χ3v) is 7.37. The van der Waals surface area contributed by atoms with E-state index >= 15 is 0 Å². The summed E-state index contributed by atoms with van der Waals surface area (Å²) in [7, 11) is -2.33. The number of amides is 2. The highest BCUT2D eigenvalue weighted by atomic mass is 32.2. The SMILES string of the molecule is Cn1c(=NC(=O)CS(=O)(=O)CC(=O)NC2CCCCC2)sc2cc([N+](=O)[O-])ccc21. The van der Waals surface area contributed by atoms with E-state index in [2.05, 4.69) is 10.3 Å². The largest absolute Gasteiger partial charge is 0.352 e. The molecule has 30 heavy (non-hydrogen) atoms. The number of thiazole rings is 1. The van der Waals surface area contributed by atoms with Crippen LogP contribution in [0.2, 0.25) is 0 Å². The molecule has 0 spiro atoms. The zero-order valence-electron chi connectivity index (χ0n) is 16.4. The van der Waals surface area contributed by atoms with Crippen LogP contribution in [0.15, 0.2) is 23.2 Å². The zero-order chi connectivity index (χ0) is 21.9. The third-order valence-electron chi connectivity index (χ3n) is 4.89. The number of sulfone groups is 1. The average Bonchev–Trinajstić information content (AvgIpc) is 2.96. The second-order valence-corrected chi connectivity index (χ2v) is 10.4. The number of fused-ring (bicyclic) bond motifs is 1. The number of nitrogens with one attached hydrogen (secondary N) is 1. The second-order valence-electron chi connectivity index (χ2n) is 7.29. The molecule has 0 radical (unpaired) electrons. The molecule has 0 bridgehead atoms. The Bertz CT molecular complexity index is 1160. The monoisotopic (exact) mass is 454 g/mol. The van der Waals surface area contributed by atoms with Crippen molar-refractivity contribution in [2.24, 2.45) is 12.0 Å². The van der Waals surface area contributed by atoms with Gasteiger partial charge in [-0.25, -0.2) is 8.42 Å². The summed E-state index contributed by atoms with van der Waals surface area (Å²) in [6, 6.07) is 4.24. The minimum absolute atomic E-state index is 0.0107. The second kappa shape index (κ2) is 9.04. The van der Waals surface area contributed by atoms with Crippen LogP contribution in [-0.4, -0.2) is 47.3 Å². The molecule has 2 amide bonds. The molecule has 3 rings (SSSR count). The van der Waals surface area contributed by atoms with E-state index in [9.17, 15) is 28.1 Å². The van der Waals surface area contributed by atoms with E-state index in [1.807, 2.05) is 0 Å². The summed E-state index contributed by atoms with van der Waals surface area (Å²) in [6.45, 7) is 0. The zero-order valence-corrected chi connectivity index (χ0v) is 18.0. The van der Waals surface area contributed by atoms with Crippen LogP contribution in [0.5, 0.6) is 0 Å². The van der Waals surface area contributed by atoms with Crippen molar-refractivity contribution in [3.8, 4) is 0 Å².